The van der Waals surface area contributed by atoms with E-state index in [1.54, 1.807) is 7.11 Å². The van der Waals surface area contributed by atoms with Gasteiger partial charge in [-0.3, -0.25) is 0 Å². The third kappa shape index (κ3) is 4.63. The van der Waals surface area contributed by atoms with Crippen molar-refractivity contribution in [1.82, 2.24) is 5.32 Å². The summed E-state index contributed by atoms with van der Waals surface area (Å²) < 4.78 is 10.7. The normalized spacial score (nSPS) is 9.91. The van der Waals surface area contributed by atoms with Crippen LogP contribution in [0.1, 0.15) is 12.5 Å². The van der Waals surface area contributed by atoms with Crippen LogP contribution in [0.5, 0.6) is 11.5 Å². The fraction of sp³-hybridized carbons (Fsp3) is 0.235. The smallest absolute Gasteiger partial charge is 0.171 e. The lowest BCUT2D eigenvalue weighted by Crippen LogP contribution is -2.28. The van der Waals surface area contributed by atoms with Gasteiger partial charge in [-0.15, -0.1) is 0 Å². The topological polar surface area (TPSA) is 42.5 Å². The lowest BCUT2D eigenvalue weighted by molar-refractivity contribution is 0.342. The molecule has 0 saturated carbocycles. The Hall–Kier alpha value is -2.27. The van der Waals surface area contributed by atoms with Crippen LogP contribution in [0.3, 0.4) is 0 Å². The summed E-state index contributed by atoms with van der Waals surface area (Å²) in [6.45, 7) is 3.22. The highest BCUT2D eigenvalue weighted by Gasteiger charge is 2.04. The van der Waals surface area contributed by atoms with Crippen LogP contribution < -0.4 is 20.1 Å². The molecule has 2 aromatic rings. The zero-order chi connectivity index (χ0) is 15.8. The number of methoxy groups -OCH3 is 1. The van der Waals surface area contributed by atoms with E-state index in [1.807, 2.05) is 55.5 Å². The highest BCUT2D eigenvalue weighted by Crippen LogP contribution is 2.23. The second-order valence-corrected chi connectivity index (χ2v) is 4.99. The summed E-state index contributed by atoms with van der Waals surface area (Å²) in [5.74, 6) is 1.63. The van der Waals surface area contributed by atoms with Crippen molar-refractivity contribution in [3.05, 3.63) is 54.1 Å². The van der Waals surface area contributed by atoms with E-state index in [-0.39, 0.29) is 0 Å². The molecule has 0 aliphatic rings. The van der Waals surface area contributed by atoms with Crippen LogP contribution in [0, 0.1) is 0 Å². The maximum Gasteiger partial charge on any atom is 0.171 e. The summed E-state index contributed by atoms with van der Waals surface area (Å²) in [5.41, 5.74) is 1.99. The summed E-state index contributed by atoms with van der Waals surface area (Å²) in [5, 5.41) is 6.90. The minimum atomic E-state index is 0.558. The van der Waals surface area contributed by atoms with Gasteiger partial charge in [0.1, 0.15) is 11.5 Å². The largest absolute Gasteiger partial charge is 0.497 e. The van der Waals surface area contributed by atoms with E-state index in [1.165, 1.54) is 0 Å². The van der Waals surface area contributed by atoms with Gasteiger partial charge in [0, 0.05) is 6.54 Å². The lowest BCUT2D eigenvalue weighted by atomic mass is 10.2. The molecular weight excluding hydrogens is 296 g/mol. The van der Waals surface area contributed by atoms with E-state index in [2.05, 4.69) is 10.6 Å². The monoisotopic (exact) mass is 316 g/mol. The number of nitrogens with one attached hydrogen (secondary N) is 2. The zero-order valence-electron chi connectivity index (χ0n) is 12.8. The first-order valence-corrected chi connectivity index (χ1v) is 7.53. The van der Waals surface area contributed by atoms with Crippen molar-refractivity contribution in [2.75, 3.05) is 19.0 Å². The highest BCUT2D eigenvalue weighted by molar-refractivity contribution is 7.80. The van der Waals surface area contributed by atoms with Crippen molar-refractivity contribution >= 4 is 23.0 Å². The maximum atomic E-state index is 5.56. The van der Waals surface area contributed by atoms with Gasteiger partial charge in [0.2, 0.25) is 0 Å². The van der Waals surface area contributed by atoms with Gasteiger partial charge in [-0.25, -0.2) is 0 Å². The van der Waals surface area contributed by atoms with Crippen LogP contribution in [0.4, 0.5) is 5.69 Å². The van der Waals surface area contributed by atoms with Gasteiger partial charge in [0.25, 0.3) is 0 Å². The van der Waals surface area contributed by atoms with Crippen LogP contribution in [0.15, 0.2) is 48.5 Å². The van der Waals surface area contributed by atoms with Gasteiger partial charge in [-0.05, 0) is 49.0 Å². The molecule has 0 amide bonds. The molecular formula is C17H20N2O2S. The van der Waals surface area contributed by atoms with Crippen LogP contribution in [-0.4, -0.2) is 18.8 Å². The van der Waals surface area contributed by atoms with Gasteiger partial charge in [-0.2, -0.15) is 0 Å². The molecule has 0 spiro atoms. The van der Waals surface area contributed by atoms with Crippen LogP contribution in [0.2, 0.25) is 0 Å². The first kappa shape index (κ1) is 16.1. The minimum Gasteiger partial charge on any atom is -0.497 e. The van der Waals surface area contributed by atoms with Gasteiger partial charge in [0.05, 0.1) is 19.4 Å². The predicted octanol–water partition coefficient (Wildman–Crippen LogP) is 3.58. The Kier molecular flexibility index (Phi) is 6.03. The Morgan fingerprint density at radius 3 is 2.50 bits per heavy atom. The molecule has 2 aromatic carbocycles. The molecule has 0 fully saturated rings. The number of hydrogen-bond donors (Lipinski definition) is 2. The molecule has 22 heavy (non-hydrogen) atoms. The Balaban J connectivity index is 1.90. The van der Waals surface area contributed by atoms with Gasteiger partial charge < -0.3 is 20.1 Å². The fourth-order valence-corrected chi connectivity index (χ4v) is 2.13. The third-order valence-electron chi connectivity index (χ3n) is 3.05. The minimum absolute atomic E-state index is 0.558. The molecule has 0 heterocycles. The van der Waals surface area contributed by atoms with Gasteiger partial charge in [-0.1, -0.05) is 24.3 Å². The Bertz CT molecular complexity index is 614. The maximum absolute atomic E-state index is 5.56. The molecule has 5 heteroatoms. The number of hydrogen-bond acceptors (Lipinski definition) is 3. The molecule has 116 valence electrons. The molecule has 0 bridgehead atoms. The summed E-state index contributed by atoms with van der Waals surface area (Å²) in [4.78, 5) is 0. The lowest BCUT2D eigenvalue weighted by Gasteiger charge is -2.14. The zero-order valence-corrected chi connectivity index (χ0v) is 13.6. The third-order valence-corrected chi connectivity index (χ3v) is 3.29. The van der Waals surface area contributed by atoms with E-state index in [9.17, 15) is 0 Å². The number of thiocarbonyl (C=S) groups is 1. The molecule has 2 N–H and O–H groups in total. The molecule has 0 unspecified atom stereocenters. The number of para-hydroxylation sites is 2. The molecule has 0 aliphatic heterocycles. The average molecular weight is 316 g/mol. The van der Waals surface area contributed by atoms with E-state index in [0.717, 1.165) is 22.7 Å². The van der Waals surface area contributed by atoms with Gasteiger partial charge in [0.15, 0.2) is 5.11 Å². The summed E-state index contributed by atoms with van der Waals surface area (Å²) in [7, 11) is 1.65. The molecule has 0 aromatic heterocycles. The number of ether oxygens (including phenoxy) is 2. The first-order chi connectivity index (χ1) is 10.7. The second-order valence-electron chi connectivity index (χ2n) is 4.58. The molecule has 2 rings (SSSR count). The Labute approximate surface area is 136 Å². The van der Waals surface area contributed by atoms with Crippen molar-refractivity contribution < 1.29 is 9.47 Å². The number of benzene rings is 2. The Morgan fingerprint density at radius 1 is 1.09 bits per heavy atom. The quantitative estimate of drug-likeness (QED) is 0.797. The van der Waals surface area contributed by atoms with E-state index >= 15 is 0 Å². The molecule has 0 atom stereocenters. The van der Waals surface area contributed by atoms with Crippen molar-refractivity contribution in [3.8, 4) is 11.5 Å². The predicted molar refractivity (Wildman–Crippen MR) is 93.7 cm³/mol. The average Bonchev–Trinajstić information content (AvgIpc) is 2.55. The highest BCUT2D eigenvalue weighted by atomic mass is 32.1. The van der Waals surface area contributed by atoms with E-state index in [4.69, 9.17) is 21.7 Å². The second kappa shape index (κ2) is 8.24. The molecule has 0 radical (unpaired) electrons. The van der Waals surface area contributed by atoms with Crippen molar-refractivity contribution in [1.29, 1.82) is 0 Å². The van der Waals surface area contributed by atoms with E-state index in [0.29, 0.717) is 18.3 Å². The van der Waals surface area contributed by atoms with Crippen molar-refractivity contribution in [2.24, 2.45) is 0 Å². The first-order valence-electron chi connectivity index (χ1n) is 7.12. The van der Waals surface area contributed by atoms with Gasteiger partial charge >= 0.3 is 0 Å². The van der Waals surface area contributed by atoms with Crippen LogP contribution in [-0.2, 0) is 6.54 Å². The fourth-order valence-electron chi connectivity index (χ4n) is 1.94. The number of rotatable bonds is 6. The SMILES string of the molecule is CCOc1ccccc1NC(=S)NCc1ccc(OC)cc1. The summed E-state index contributed by atoms with van der Waals surface area (Å²) >= 11 is 5.33. The standard InChI is InChI=1S/C17H20N2O2S/c1-3-21-16-7-5-4-6-15(16)19-17(22)18-12-13-8-10-14(20-2)11-9-13/h4-11H,3,12H2,1-2H3,(H2,18,19,22). The van der Waals surface area contributed by atoms with Crippen molar-refractivity contribution in [2.45, 2.75) is 13.5 Å². The molecule has 0 saturated heterocycles. The Morgan fingerprint density at radius 2 is 1.82 bits per heavy atom. The van der Waals surface area contributed by atoms with Crippen LogP contribution in [0.25, 0.3) is 0 Å². The summed E-state index contributed by atoms with van der Waals surface area (Å²) in [6, 6.07) is 15.6. The van der Waals surface area contributed by atoms with Crippen molar-refractivity contribution in [3.63, 3.8) is 0 Å². The van der Waals surface area contributed by atoms with Crippen LogP contribution >= 0.6 is 12.2 Å². The molecule has 0 aliphatic carbocycles. The van der Waals surface area contributed by atoms with E-state index < -0.39 is 0 Å². The number of anilines is 1. The summed E-state index contributed by atoms with van der Waals surface area (Å²) in [6.07, 6.45) is 0. The molecule has 4 nitrogen and oxygen atoms in total.